The van der Waals surface area contributed by atoms with Gasteiger partial charge in [0.25, 0.3) is 0 Å². The number of aromatic nitrogens is 1. The fraction of sp³-hybridized carbons (Fsp3) is 0.429. The highest BCUT2D eigenvalue weighted by Crippen LogP contribution is 2.47. The smallest absolute Gasteiger partial charge is 0.160 e. The summed E-state index contributed by atoms with van der Waals surface area (Å²) in [7, 11) is 0. The Bertz CT molecular complexity index is 887. The lowest BCUT2D eigenvalue weighted by Crippen LogP contribution is -2.36. The predicted octanol–water partition coefficient (Wildman–Crippen LogP) is 3.65. The number of benzene rings is 1. The quantitative estimate of drug-likeness (QED) is 0.790. The molecule has 28 heavy (non-hydrogen) atoms. The van der Waals surface area contributed by atoms with Crippen LogP contribution in [0.5, 0.6) is 0 Å². The molecular weight excluding hydrogens is 375 g/mol. The average molecular weight is 399 g/mol. The number of morpholine rings is 1. The van der Waals surface area contributed by atoms with E-state index in [0.29, 0.717) is 24.2 Å². The molecule has 2 aromatic rings. The summed E-state index contributed by atoms with van der Waals surface area (Å²) in [4.78, 5) is 13.9. The Morgan fingerprint density at radius 3 is 2.79 bits per heavy atom. The number of thioether (sulfide) groups is 1. The maximum Gasteiger partial charge on any atom is 0.160 e. The zero-order valence-corrected chi connectivity index (χ0v) is 16.6. The molecule has 2 fully saturated rings. The highest BCUT2D eigenvalue weighted by molar-refractivity contribution is 8.14. The molecule has 5 nitrogen and oxygen atoms in total. The van der Waals surface area contributed by atoms with Gasteiger partial charge in [-0.3, -0.25) is 9.98 Å². The van der Waals surface area contributed by atoms with Gasteiger partial charge in [0.05, 0.1) is 30.6 Å². The van der Waals surface area contributed by atoms with E-state index in [1.165, 1.54) is 0 Å². The van der Waals surface area contributed by atoms with E-state index in [1.807, 2.05) is 24.3 Å². The summed E-state index contributed by atoms with van der Waals surface area (Å²) in [6.45, 7) is 5.87. The van der Waals surface area contributed by atoms with Gasteiger partial charge in [0.15, 0.2) is 5.17 Å². The summed E-state index contributed by atoms with van der Waals surface area (Å²) in [5.41, 5.74) is 2.55. The van der Waals surface area contributed by atoms with Crippen LogP contribution in [0.3, 0.4) is 0 Å². The van der Waals surface area contributed by atoms with Crippen molar-refractivity contribution in [3.63, 3.8) is 0 Å². The van der Waals surface area contributed by atoms with Gasteiger partial charge < -0.3 is 14.5 Å². The van der Waals surface area contributed by atoms with Gasteiger partial charge in [-0.25, -0.2) is 4.39 Å². The number of anilines is 1. The molecule has 0 spiro atoms. The molecule has 0 radical (unpaired) electrons. The first-order valence-corrected chi connectivity index (χ1v) is 10.6. The SMILES string of the molecule is C[C@@H]1CN2C(=N[C@H](c3ccccn3)[C@H]2c2ccc(N3CCOCC3)c(F)c2)S1. The molecule has 4 heterocycles. The van der Waals surface area contributed by atoms with E-state index < -0.39 is 0 Å². The van der Waals surface area contributed by atoms with Crippen LogP contribution in [0.15, 0.2) is 47.6 Å². The third-order valence-corrected chi connectivity index (χ3v) is 6.65. The van der Waals surface area contributed by atoms with E-state index in [9.17, 15) is 0 Å². The third kappa shape index (κ3) is 3.16. The Balaban J connectivity index is 1.50. The van der Waals surface area contributed by atoms with Gasteiger partial charge in [0.1, 0.15) is 11.9 Å². The van der Waals surface area contributed by atoms with Gasteiger partial charge in [0.2, 0.25) is 0 Å². The summed E-state index contributed by atoms with van der Waals surface area (Å²) in [5.74, 6) is -0.174. The molecule has 1 aromatic heterocycles. The lowest BCUT2D eigenvalue weighted by molar-refractivity contribution is 0.122. The largest absolute Gasteiger partial charge is 0.378 e. The minimum Gasteiger partial charge on any atom is -0.378 e. The van der Waals surface area contributed by atoms with Crippen molar-refractivity contribution in [2.24, 2.45) is 4.99 Å². The fourth-order valence-electron chi connectivity index (χ4n) is 4.25. The standard InChI is InChI=1S/C21H23FN4OS/c1-14-13-26-20(19(24-21(26)28-14)17-4-2-3-7-23-17)15-5-6-18(16(22)12-15)25-8-10-27-11-9-25/h2-7,12,14,19-20H,8-11,13H2,1H3/t14-,19-,20-/m1/s1. The molecular formula is C21H23FN4OS. The Labute approximate surface area is 168 Å². The number of halogens is 1. The van der Waals surface area contributed by atoms with Gasteiger partial charge in [-0.1, -0.05) is 30.8 Å². The minimum absolute atomic E-state index is 0.0180. The lowest BCUT2D eigenvalue weighted by atomic mass is 9.96. The van der Waals surface area contributed by atoms with Crippen LogP contribution in [0.2, 0.25) is 0 Å². The molecule has 0 saturated carbocycles. The minimum atomic E-state index is -0.174. The number of fused-ring (bicyclic) bond motifs is 1. The number of nitrogens with zero attached hydrogens (tertiary/aromatic N) is 4. The number of pyridine rings is 1. The molecule has 3 aliphatic heterocycles. The number of hydrogen-bond donors (Lipinski definition) is 0. The van der Waals surface area contributed by atoms with Crippen LogP contribution < -0.4 is 4.90 Å². The van der Waals surface area contributed by atoms with Crippen molar-refractivity contribution in [3.05, 3.63) is 59.7 Å². The van der Waals surface area contributed by atoms with E-state index in [4.69, 9.17) is 9.73 Å². The summed E-state index contributed by atoms with van der Waals surface area (Å²) in [5, 5.41) is 1.54. The first-order valence-electron chi connectivity index (χ1n) is 9.75. The Morgan fingerprint density at radius 1 is 1.18 bits per heavy atom. The van der Waals surface area contributed by atoms with Gasteiger partial charge in [-0.15, -0.1) is 0 Å². The Hall–Kier alpha value is -2.12. The number of hydrogen-bond acceptors (Lipinski definition) is 6. The normalized spacial score (nSPS) is 27.1. The van der Waals surface area contributed by atoms with Gasteiger partial charge in [-0.2, -0.15) is 0 Å². The average Bonchev–Trinajstić information content (AvgIpc) is 3.25. The second-order valence-electron chi connectivity index (χ2n) is 7.45. The third-order valence-electron chi connectivity index (χ3n) is 5.55. The summed E-state index contributed by atoms with van der Waals surface area (Å²) >= 11 is 1.80. The van der Waals surface area contributed by atoms with Crippen LogP contribution in [0.1, 0.15) is 30.3 Å². The van der Waals surface area contributed by atoms with Crippen LogP contribution in [0.4, 0.5) is 10.1 Å². The topological polar surface area (TPSA) is 41.0 Å². The number of aliphatic imine (C=N–C) groups is 1. The molecule has 0 unspecified atom stereocenters. The molecule has 0 N–H and O–H groups in total. The molecule has 7 heteroatoms. The molecule has 3 aliphatic rings. The van der Waals surface area contributed by atoms with Gasteiger partial charge in [-0.05, 0) is 29.8 Å². The highest BCUT2D eigenvalue weighted by atomic mass is 32.2. The van der Waals surface area contributed by atoms with E-state index >= 15 is 4.39 Å². The first kappa shape index (κ1) is 17.9. The molecule has 0 amide bonds. The molecule has 146 valence electrons. The second kappa shape index (κ2) is 7.37. The number of ether oxygens (including phenoxy) is 1. The van der Waals surface area contributed by atoms with Crippen LogP contribution in [-0.2, 0) is 4.74 Å². The summed E-state index contributed by atoms with van der Waals surface area (Å²) < 4.78 is 20.5. The molecule has 1 aromatic carbocycles. The van der Waals surface area contributed by atoms with Crippen molar-refractivity contribution >= 4 is 22.6 Å². The van der Waals surface area contributed by atoms with E-state index in [1.54, 1.807) is 24.0 Å². The predicted molar refractivity (Wildman–Crippen MR) is 110 cm³/mol. The zero-order valence-electron chi connectivity index (χ0n) is 15.8. The van der Waals surface area contributed by atoms with Crippen LogP contribution >= 0.6 is 11.8 Å². The number of rotatable bonds is 3. The molecule has 0 bridgehead atoms. The van der Waals surface area contributed by atoms with Gasteiger partial charge in [0, 0.05) is 31.1 Å². The zero-order chi connectivity index (χ0) is 19.1. The monoisotopic (exact) mass is 398 g/mol. The maximum atomic E-state index is 15.1. The van der Waals surface area contributed by atoms with Crippen molar-refractivity contribution in [2.75, 3.05) is 37.7 Å². The molecule has 0 aliphatic carbocycles. The van der Waals surface area contributed by atoms with E-state index in [-0.39, 0.29) is 17.9 Å². The Morgan fingerprint density at radius 2 is 2.04 bits per heavy atom. The van der Waals surface area contributed by atoms with Gasteiger partial charge >= 0.3 is 0 Å². The highest BCUT2D eigenvalue weighted by Gasteiger charge is 2.43. The molecule has 3 atom stereocenters. The van der Waals surface area contributed by atoms with E-state index in [2.05, 4.69) is 27.8 Å². The van der Waals surface area contributed by atoms with Crippen molar-refractivity contribution in [3.8, 4) is 0 Å². The van der Waals surface area contributed by atoms with Crippen molar-refractivity contribution in [1.29, 1.82) is 0 Å². The lowest BCUT2D eigenvalue weighted by Gasteiger charge is -2.31. The Kier molecular flexibility index (Phi) is 4.72. The fourth-order valence-corrected chi connectivity index (χ4v) is 5.34. The molecule has 5 rings (SSSR count). The van der Waals surface area contributed by atoms with Crippen molar-refractivity contribution < 1.29 is 9.13 Å². The first-order chi connectivity index (χ1) is 13.7. The summed E-state index contributed by atoms with van der Waals surface area (Å²) in [6, 6.07) is 11.4. The van der Waals surface area contributed by atoms with Crippen LogP contribution in [-0.4, -0.2) is 53.1 Å². The van der Waals surface area contributed by atoms with Crippen molar-refractivity contribution in [1.82, 2.24) is 9.88 Å². The van der Waals surface area contributed by atoms with E-state index in [0.717, 1.165) is 36.1 Å². The maximum absolute atomic E-state index is 15.1. The van der Waals surface area contributed by atoms with Crippen molar-refractivity contribution in [2.45, 2.75) is 24.3 Å². The second-order valence-corrected chi connectivity index (χ2v) is 8.85. The van der Waals surface area contributed by atoms with Crippen LogP contribution in [0, 0.1) is 5.82 Å². The summed E-state index contributed by atoms with van der Waals surface area (Å²) in [6.07, 6.45) is 1.80. The van der Waals surface area contributed by atoms with Crippen LogP contribution in [0.25, 0.3) is 0 Å². The molecule has 2 saturated heterocycles. The number of amidine groups is 1.